The van der Waals surface area contributed by atoms with Crippen LogP contribution in [0.25, 0.3) is 0 Å². The summed E-state index contributed by atoms with van der Waals surface area (Å²) in [5, 5.41) is 0.192. The zero-order chi connectivity index (χ0) is 11.9. The molecule has 0 atom stereocenters. The molecule has 7 heteroatoms. The van der Waals surface area contributed by atoms with Crippen molar-refractivity contribution in [2.75, 3.05) is 26.2 Å². The maximum Gasteiger partial charge on any atom is 0.260 e. The first kappa shape index (κ1) is 11.2. The van der Waals surface area contributed by atoms with Crippen molar-refractivity contribution in [1.82, 2.24) is 19.2 Å². The van der Waals surface area contributed by atoms with Gasteiger partial charge in [-0.2, -0.15) is 4.31 Å². The van der Waals surface area contributed by atoms with Gasteiger partial charge in [0.2, 0.25) is 0 Å². The molecule has 2 aliphatic rings. The number of sulfonamides is 1. The lowest BCUT2D eigenvalue weighted by molar-refractivity contribution is 0.180. The summed E-state index contributed by atoms with van der Waals surface area (Å²) in [5.74, 6) is 0. The van der Waals surface area contributed by atoms with Crippen molar-refractivity contribution in [3.63, 3.8) is 0 Å². The SMILES string of the molecule is O=S(=O)(c1cnc[nH]1)N1CCN(C2CC2)CC1. The summed E-state index contributed by atoms with van der Waals surface area (Å²) in [7, 11) is -3.36. The molecular weight excluding hydrogens is 240 g/mol. The fourth-order valence-electron chi connectivity index (χ4n) is 2.27. The molecule has 0 amide bonds. The Balaban J connectivity index is 1.69. The number of aromatic nitrogens is 2. The first-order valence-electron chi connectivity index (χ1n) is 5.90. The molecule has 3 rings (SSSR count). The summed E-state index contributed by atoms with van der Waals surface area (Å²) >= 11 is 0. The van der Waals surface area contributed by atoms with Crippen molar-refractivity contribution in [1.29, 1.82) is 0 Å². The van der Waals surface area contributed by atoms with E-state index < -0.39 is 10.0 Å². The van der Waals surface area contributed by atoms with Gasteiger partial charge in [0, 0.05) is 32.2 Å². The largest absolute Gasteiger partial charge is 0.335 e. The number of hydrogen-bond donors (Lipinski definition) is 1. The molecule has 1 N–H and O–H groups in total. The van der Waals surface area contributed by atoms with E-state index in [4.69, 9.17) is 0 Å². The van der Waals surface area contributed by atoms with Crippen LogP contribution in [0.2, 0.25) is 0 Å². The maximum absolute atomic E-state index is 12.2. The zero-order valence-electron chi connectivity index (χ0n) is 9.54. The fourth-order valence-corrected chi connectivity index (χ4v) is 3.59. The van der Waals surface area contributed by atoms with E-state index in [1.54, 1.807) is 4.31 Å². The number of nitrogens with zero attached hydrogens (tertiary/aromatic N) is 3. The Labute approximate surface area is 101 Å². The van der Waals surface area contributed by atoms with Crippen LogP contribution in [0.5, 0.6) is 0 Å². The number of H-pyrrole nitrogens is 1. The fraction of sp³-hybridized carbons (Fsp3) is 0.700. The molecular formula is C10H16N4O2S. The Morgan fingerprint density at radius 3 is 2.47 bits per heavy atom. The lowest BCUT2D eigenvalue weighted by Gasteiger charge is -2.33. The third-order valence-electron chi connectivity index (χ3n) is 3.43. The number of rotatable bonds is 3. The van der Waals surface area contributed by atoms with Gasteiger partial charge in [-0.1, -0.05) is 0 Å². The van der Waals surface area contributed by atoms with Crippen LogP contribution in [0.1, 0.15) is 12.8 Å². The minimum atomic E-state index is -3.36. The summed E-state index contributed by atoms with van der Waals surface area (Å²) in [4.78, 5) is 8.82. The van der Waals surface area contributed by atoms with E-state index in [2.05, 4.69) is 14.9 Å². The quantitative estimate of drug-likeness (QED) is 0.818. The first-order chi connectivity index (χ1) is 8.18. The van der Waals surface area contributed by atoms with Crippen molar-refractivity contribution in [2.24, 2.45) is 0 Å². The second-order valence-electron chi connectivity index (χ2n) is 4.59. The molecule has 0 unspecified atom stereocenters. The van der Waals surface area contributed by atoms with Crippen LogP contribution in [0.4, 0.5) is 0 Å². The van der Waals surface area contributed by atoms with Gasteiger partial charge in [-0.15, -0.1) is 0 Å². The summed E-state index contributed by atoms with van der Waals surface area (Å²) in [6.07, 6.45) is 5.30. The number of imidazole rings is 1. The van der Waals surface area contributed by atoms with Crippen molar-refractivity contribution in [2.45, 2.75) is 23.9 Å². The molecule has 0 radical (unpaired) electrons. The van der Waals surface area contributed by atoms with Gasteiger partial charge in [-0.05, 0) is 12.8 Å². The van der Waals surface area contributed by atoms with Crippen molar-refractivity contribution in [3.8, 4) is 0 Å². The molecule has 2 fully saturated rings. The molecule has 2 heterocycles. The van der Waals surface area contributed by atoms with E-state index in [-0.39, 0.29) is 5.03 Å². The van der Waals surface area contributed by atoms with Gasteiger partial charge in [0.25, 0.3) is 10.0 Å². The third kappa shape index (κ3) is 2.10. The molecule has 94 valence electrons. The second kappa shape index (κ2) is 4.08. The summed E-state index contributed by atoms with van der Waals surface area (Å²) in [5.41, 5.74) is 0. The van der Waals surface area contributed by atoms with Gasteiger partial charge < -0.3 is 4.98 Å². The highest BCUT2D eigenvalue weighted by atomic mass is 32.2. The van der Waals surface area contributed by atoms with Gasteiger partial charge in [-0.25, -0.2) is 13.4 Å². The minimum absolute atomic E-state index is 0.192. The average Bonchev–Trinajstić information content (AvgIpc) is 3.03. The van der Waals surface area contributed by atoms with Gasteiger partial charge in [0.1, 0.15) is 0 Å². The average molecular weight is 256 g/mol. The van der Waals surface area contributed by atoms with Gasteiger partial charge in [0.05, 0.1) is 12.5 Å². The van der Waals surface area contributed by atoms with Crippen LogP contribution in [0, 0.1) is 0 Å². The van der Waals surface area contributed by atoms with Crippen LogP contribution in [0.3, 0.4) is 0 Å². The lowest BCUT2D eigenvalue weighted by Crippen LogP contribution is -2.49. The number of piperazine rings is 1. The van der Waals surface area contributed by atoms with Crippen molar-refractivity contribution in [3.05, 3.63) is 12.5 Å². The minimum Gasteiger partial charge on any atom is -0.335 e. The predicted octanol–water partition coefficient (Wildman–Crippen LogP) is -0.122. The Morgan fingerprint density at radius 1 is 1.24 bits per heavy atom. The predicted molar refractivity (Wildman–Crippen MR) is 61.9 cm³/mol. The summed E-state index contributed by atoms with van der Waals surface area (Å²) < 4.78 is 25.9. The van der Waals surface area contributed by atoms with Gasteiger partial charge in [-0.3, -0.25) is 4.90 Å². The van der Waals surface area contributed by atoms with E-state index >= 15 is 0 Å². The van der Waals surface area contributed by atoms with Crippen LogP contribution >= 0.6 is 0 Å². The molecule has 0 aromatic carbocycles. The Kier molecular flexibility index (Phi) is 2.68. The van der Waals surface area contributed by atoms with E-state index in [0.717, 1.165) is 13.1 Å². The van der Waals surface area contributed by atoms with Crippen molar-refractivity contribution >= 4 is 10.0 Å². The molecule has 1 saturated heterocycles. The summed E-state index contributed by atoms with van der Waals surface area (Å²) in [6.45, 7) is 2.85. The van der Waals surface area contributed by atoms with E-state index in [1.807, 2.05) is 0 Å². The summed E-state index contributed by atoms with van der Waals surface area (Å²) in [6, 6.07) is 0.715. The Morgan fingerprint density at radius 2 is 1.94 bits per heavy atom. The number of aromatic amines is 1. The van der Waals surface area contributed by atoms with E-state index in [1.165, 1.54) is 25.4 Å². The van der Waals surface area contributed by atoms with Crippen LogP contribution < -0.4 is 0 Å². The van der Waals surface area contributed by atoms with E-state index in [0.29, 0.717) is 19.1 Å². The van der Waals surface area contributed by atoms with Gasteiger partial charge >= 0.3 is 0 Å². The Bertz CT molecular complexity index is 472. The topological polar surface area (TPSA) is 69.3 Å². The molecule has 1 aliphatic heterocycles. The highest BCUT2D eigenvalue weighted by Gasteiger charge is 2.35. The number of nitrogens with one attached hydrogen (secondary N) is 1. The van der Waals surface area contributed by atoms with Crippen molar-refractivity contribution < 1.29 is 8.42 Å². The molecule has 17 heavy (non-hydrogen) atoms. The normalized spacial score (nSPS) is 24.0. The standard InChI is InChI=1S/C10H16N4O2S/c15-17(16,10-7-11-8-12-10)14-5-3-13(4-6-14)9-1-2-9/h7-9H,1-6H2,(H,11,12). The zero-order valence-corrected chi connectivity index (χ0v) is 10.4. The first-order valence-corrected chi connectivity index (χ1v) is 7.34. The number of hydrogen-bond acceptors (Lipinski definition) is 4. The second-order valence-corrected chi connectivity index (χ2v) is 6.49. The van der Waals surface area contributed by atoms with E-state index in [9.17, 15) is 8.42 Å². The highest BCUT2D eigenvalue weighted by molar-refractivity contribution is 7.89. The third-order valence-corrected chi connectivity index (χ3v) is 5.25. The van der Waals surface area contributed by atoms with Crippen LogP contribution in [-0.2, 0) is 10.0 Å². The molecule has 1 saturated carbocycles. The molecule has 0 bridgehead atoms. The maximum atomic E-state index is 12.2. The lowest BCUT2D eigenvalue weighted by atomic mass is 10.3. The van der Waals surface area contributed by atoms with Crippen LogP contribution in [0.15, 0.2) is 17.6 Å². The molecule has 1 aliphatic carbocycles. The monoisotopic (exact) mass is 256 g/mol. The van der Waals surface area contributed by atoms with Gasteiger partial charge in [0.15, 0.2) is 5.03 Å². The molecule has 0 spiro atoms. The molecule has 1 aromatic heterocycles. The highest BCUT2D eigenvalue weighted by Crippen LogP contribution is 2.28. The van der Waals surface area contributed by atoms with Crippen LogP contribution in [-0.4, -0.2) is 59.8 Å². The molecule has 6 nitrogen and oxygen atoms in total. The Hall–Kier alpha value is -0.920. The molecule has 1 aromatic rings. The smallest absolute Gasteiger partial charge is 0.260 e.